The Balaban J connectivity index is 3.51. The molecule has 0 spiro atoms. The van der Waals surface area contributed by atoms with Crippen molar-refractivity contribution in [2.24, 2.45) is 22.2 Å². The Morgan fingerprint density at radius 2 is 2.00 bits per heavy atom. The molecular formula is C10H22N6O5. The molecule has 0 fully saturated rings. The number of carbonyl (C=O) groups is 1. The zero-order chi connectivity index (χ0) is 16.1. The van der Waals surface area contributed by atoms with Crippen LogP contribution in [0.5, 0.6) is 0 Å². The lowest BCUT2D eigenvalue weighted by atomic mass is 10.2. The normalized spacial score (nSPS) is 11.5. The third kappa shape index (κ3) is 12.6. The van der Waals surface area contributed by atoms with Crippen LogP contribution in [0, 0.1) is 10.1 Å². The van der Waals surface area contributed by atoms with Gasteiger partial charge >= 0.3 is 5.97 Å². The van der Waals surface area contributed by atoms with Crippen LogP contribution in [0.25, 0.3) is 0 Å². The number of guanidine groups is 1. The third-order valence-electron chi connectivity index (χ3n) is 2.27. The molecule has 0 amide bonds. The molecule has 0 aromatic heterocycles. The summed E-state index contributed by atoms with van der Waals surface area (Å²) in [5.74, 6) is -0.513. The summed E-state index contributed by atoms with van der Waals surface area (Å²) >= 11 is 0. The van der Waals surface area contributed by atoms with E-state index < -0.39 is 17.1 Å². The van der Waals surface area contributed by atoms with E-state index in [1.54, 1.807) is 0 Å². The van der Waals surface area contributed by atoms with E-state index in [9.17, 15) is 14.9 Å². The number of carbonyl (C=O) groups excluding carboxylic acids is 1. The molecule has 122 valence electrons. The number of nitrogens with two attached hydrogens (primary N) is 3. The average molecular weight is 306 g/mol. The van der Waals surface area contributed by atoms with Gasteiger partial charge in [-0.15, -0.1) is 10.1 Å². The van der Waals surface area contributed by atoms with Crippen LogP contribution in [0.1, 0.15) is 12.8 Å². The van der Waals surface area contributed by atoms with Crippen LogP contribution in [-0.4, -0.2) is 55.9 Å². The van der Waals surface area contributed by atoms with E-state index in [-0.39, 0.29) is 25.7 Å². The minimum Gasteiger partial charge on any atom is -0.463 e. The minimum atomic E-state index is -0.872. The number of ether oxygens (including phenoxy) is 1. The van der Waals surface area contributed by atoms with Crippen LogP contribution in [0.2, 0.25) is 0 Å². The van der Waals surface area contributed by atoms with E-state index in [2.05, 4.69) is 15.1 Å². The molecule has 0 saturated carbocycles. The molecular weight excluding hydrogens is 284 g/mol. The number of rotatable bonds is 12. The van der Waals surface area contributed by atoms with Gasteiger partial charge in [-0.25, -0.2) is 0 Å². The van der Waals surface area contributed by atoms with Gasteiger partial charge in [-0.05, 0) is 12.8 Å². The van der Waals surface area contributed by atoms with Crippen molar-refractivity contribution in [3.63, 3.8) is 0 Å². The predicted octanol–water partition coefficient (Wildman–Crippen LogP) is -2.29. The summed E-state index contributed by atoms with van der Waals surface area (Å²) < 4.78 is 4.92. The Labute approximate surface area is 121 Å². The molecule has 11 heteroatoms. The van der Waals surface area contributed by atoms with Gasteiger partial charge in [-0.2, -0.15) is 0 Å². The second kappa shape index (κ2) is 11.7. The van der Waals surface area contributed by atoms with Crippen LogP contribution in [0.3, 0.4) is 0 Å². The van der Waals surface area contributed by atoms with E-state index in [1.807, 2.05) is 0 Å². The van der Waals surface area contributed by atoms with Gasteiger partial charge in [-0.3, -0.25) is 9.79 Å². The molecule has 0 aliphatic rings. The Kier molecular flexibility index (Phi) is 10.5. The first-order valence-electron chi connectivity index (χ1n) is 6.39. The van der Waals surface area contributed by atoms with Crippen LogP contribution in [0.15, 0.2) is 4.99 Å². The summed E-state index contributed by atoms with van der Waals surface area (Å²) in [4.78, 5) is 29.2. The van der Waals surface area contributed by atoms with Crippen molar-refractivity contribution in [3.05, 3.63) is 10.1 Å². The van der Waals surface area contributed by atoms with Crippen molar-refractivity contribution in [2.45, 2.75) is 18.9 Å². The first-order chi connectivity index (χ1) is 9.93. The van der Waals surface area contributed by atoms with E-state index in [0.717, 1.165) is 0 Å². The number of aliphatic imine (C=N–C) groups is 1. The number of esters is 1. The second-order valence-electron chi connectivity index (χ2n) is 4.03. The Bertz CT molecular complexity index is 347. The smallest absolute Gasteiger partial charge is 0.322 e. The van der Waals surface area contributed by atoms with Crippen LogP contribution < -0.4 is 22.5 Å². The summed E-state index contributed by atoms with van der Waals surface area (Å²) in [6.07, 6.45) is 0.990. The summed E-state index contributed by atoms with van der Waals surface area (Å²) in [5, 5.41) is 11.8. The lowest BCUT2D eigenvalue weighted by Crippen LogP contribution is -2.34. The van der Waals surface area contributed by atoms with Gasteiger partial charge in [0.25, 0.3) is 5.09 Å². The van der Waals surface area contributed by atoms with Crippen molar-refractivity contribution >= 4 is 11.9 Å². The topological polar surface area (TPSA) is 181 Å². The van der Waals surface area contributed by atoms with Gasteiger partial charge in [-0.1, -0.05) is 0 Å². The van der Waals surface area contributed by atoms with E-state index in [4.69, 9.17) is 21.9 Å². The molecule has 21 heavy (non-hydrogen) atoms. The van der Waals surface area contributed by atoms with Crippen molar-refractivity contribution in [1.29, 1.82) is 0 Å². The molecule has 0 rings (SSSR count). The van der Waals surface area contributed by atoms with Crippen molar-refractivity contribution in [2.75, 3.05) is 32.8 Å². The maximum atomic E-state index is 11.5. The molecule has 7 N–H and O–H groups in total. The minimum absolute atomic E-state index is 0.00159. The lowest BCUT2D eigenvalue weighted by molar-refractivity contribution is -0.757. The van der Waals surface area contributed by atoms with E-state index in [1.165, 1.54) is 0 Å². The van der Waals surface area contributed by atoms with E-state index >= 15 is 0 Å². The molecule has 0 radical (unpaired) electrons. The lowest BCUT2D eigenvalue weighted by Gasteiger charge is -2.11. The highest BCUT2D eigenvalue weighted by molar-refractivity contribution is 5.76. The maximum absolute atomic E-state index is 11.5. The fourth-order valence-corrected chi connectivity index (χ4v) is 1.29. The van der Waals surface area contributed by atoms with Crippen molar-refractivity contribution in [1.82, 2.24) is 5.32 Å². The molecule has 0 aromatic carbocycles. The fourth-order valence-electron chi connectivity index (χ4n) is 1.29. The van der Waals surface area contributed by atoms with Gasteiger partial charge < -0.3 is 32.1 Å². The predicted molar refractivity (Wildman–Crippen MR) is 74.7 cm³/mol. The zero-order valence-electron chi connectivity index (χ0n) is 11.7. The van der Waals surface area contributed by atoms with Crippen LogP contribution >= 0.6 is 0 Å². The molecule has 1 atom stereocenters. The summed E-state index contributed by atoms with van der Waals surface area (Å²) in [5.41, 5.74) is 15.9. The van der Waals surface area contributed by atoms with Gasteiger partial charge in [0, 0.05) is 19.6 Å². The first kappa shape index (κ1) is 18.9. The third-order valence-corrected chi connectivity index (χ3v) is 2.27. The standard InChI is InChI=1S/C10H22N6O5/c11-8(2-1-3-15-10(12)13)9(17)20-6-4-14-5-7-21-16(18)19/h8,14H,1-7,11H2,(H4,12,13,15). The maximum Gasteiger partial charge on any atom is 0.322 e. The molecule has 0 aromatic rings. The number of nitrogens with one attached hydrogen (secondary N) is 1. The van der Waals surface area contributed by atoms with Gasteiger partial charge in [0.1, 0.15) is 19.3 Å². The summed E-state index contributed by atoms with van der Waals surface area (Å²) in [6, 6.07) is -0.725. The molecule has 0 aliphatic heterocycles. The molecule has 1 unspecified atom stereocenters. The number of hydrogen-bond acceptors (Lipinski definition) is 8. The fraction of sp³-hybridized carbons (Fsp3) is 0.800. The highest BCUT2D eigenvalue weighted by Crippen LogP contribution is 1.97. The SMILES string of the molecule is NC(N)=NCCCC(N)C(=O)OCCNCCO[N+](=O)[O-]. The molecule has 0 bridgehead atoms. The highest BCUT2D eigenvalue weighted by atomic mass is 16.9. The van der Waals surface area contributed by atoms with E-state index in [0.29, 0.717) is 25.9 Å². The quantitative estimate of drug-likeness (QED) is 0.0769. The number of nitrogens with zero attached hydrogens (tertiary/aromatic N) is 2. The molecule has 11 nitrogen and oxygen atoms in total. The summed E-state index contributed by atoms with van der Waals surface area (Å²) in [7, 11) is 0. The monoisotopic (exact) mass is 306 g/mol. The molecule has 0 heterocycles. The largest absolute Gasteiger partial charge is 0.463 e. The first-order valence-corrected chi connectivity index (χ1v) is 6.39. The van der Waals surface area contributed by atoms with Gasteiger partial charge in [0.05, 0.1) is 0 Å². The Morgan fingerprint density at radius 3 is 2.62 bits per heavy atom. The van der Waals surface area contributed by atoms with Crippen LogP contribution in [-0.2, 0) is 14.4 Å². The number of hydrogen-bond donors (Lipinski definition) is 4. The molecule has 0 aliphatic carbocycles. The van der Waals surface area contributed by atoms with Crippen LogP contribution in [0.4, 0.5) is 0 Å². The van der Waals surface area contributed by atoms with Gasteiger partial charge in [0.15, 0.2) is 5.96 Å². The Morgan fingerprint density at radius 1 is 1.33 bits per heavy atom. The summed E-state index contributed by atoms with van der Waals surface area (Å²) in [6.45, 7) is 1.10. The average Bonchev–Trinajstić information content (AvgIpc) is 2.41. The Hall–Kier alpha value is -2.14. The highest BCUT2D eigenvalue weighted by Gasteiger charge is 2.13. The van der Waals surface area contributed by atoms with Crippen molar-refractivity contribution < 1.29 is 19.5 Å². The van der Waals surface area contributed by atoms with Gasteiger partial charge in [0.2, 0.25) is 0 Å². The van der Waals surface area contributed by atoms with Crippen molar-refractivity contribution in [3.8, 4) is 0 Å². The second-order valence-corrected chi connectivity index (χ2v) is 4.03. The zero-order valence-corrected chi connectivity index (χ0v) is 11.7. The molecule has 0 saturated heterocycles.